The largest absolute Gasteiger partial charge is 0.334 e. The predicted molar refractivity (Wildman–Crippen MR) is 68.3 cm³/mol. The maximum atomic E-state index is 12.9. The molecule has 1 saturated carbocycles. The quantitative estimate of drug-likeness (QED) is 0.848. The highest BCUT2D eigenvalue weighted by Crippen LogP contribution is 2.22. The summed E-state index contributed by atoms with van der Waals surface area (Å²) >= 11 is 0. The van der Waals surface area contributed by atoms with Crippen LogP contribution >= 0.6 is 0 Å². The van der Waals surface area contributed by atoms with Crippen LogP contribution < -0.4 is 10.6 Å². The standard InChI is InChI=1S/C14H17FN2O/c15-13-7-3-6-12(8-13)10-17-14(18)16-9-11-4-1-2-5-11/h3,6-9H,1-2,4-5,10H2,(H2,16,17,18). The van der Waals surface area contributed by atoms with Crippen molar-refractivity contribution in [2.24, 2.45) is 0 Å². The van der Waals surface area contributed by atoms with Crippen molar-refractivity contribution in [2.75, 3.05) is 0 Å². The minimum absolute atomic E-state index is 0.251. The Balaban J connectivity index is 1.76. The molecule has 0 aromatic heterocycles. The van der Waals surface area contributed by atoms with E-state index in [0.29, 0.717) is 6.54 Å². The van der Waals surface area contributed by atoms with Gasteiger partial charge in [0.1, 0.15) is 5.82 Å². The molecule has 96 valence electrons. The fraction of sp³-hybridized carbons (Fsp3) is 0.357. The van der Waals surface area contributed by atoms with Crippen LogP contribution in [0.2, 0.25) is 0 Å². The van der Waals surface area contributed by atoms with Gasteiger partial charge in [0.25, 0.3) is 0 Å². The lowest BCUT2D eigenvalue weighted by molar-refractivity contribution is 0.243. The Morgan fingerprint density at radius 3 is 2.83 bits per heavy atom. The van der Waals surface area contributed by atoms with Crippen LogP contribution in [0.15, 0.2) is 36.0 Å². The van der Waals surface area contributed by atoms with Gasteiger partial charge in [-0.3, -0.25) is 0 Å². The zero-order chi connectivity index (χ0) is 12.8. The van der Waals surface area contributed by atoms with Gasteiger partial charge in [-0.25, -0.2) is 9.18 Å². The summed E-state index contributed by atoms with van der Waals surface area (Å²) in [5, 5.41) is 5.39. The molecule has 1 fully saturated rings. The van der Waals surface area contributed by atoms with Gasteiger partial charge in [0.2, 0.25) is 0 Å². The molecule has 4 heteroatoms. The molecular weight excluding hydrogens is 231 g/mol. The van der Waals surface area contributed by atoms with Gasteiger partial charge in [-0.05, 0) is 43.4 Å². The number of carbonyl (C=O) groups is 1. The maximum absolute atomic E-state index is 12.9. The Morgan fingerprint density at radius 1 is 1.33 bits per heavy atom. The number of hydrogen-bond acceptors (Lipinski definition) is 1. The minimum Gasteiger partial charge on any atom is -0.334 e. The molecular formula is C14H17FN2O. The smallest absolute Gasteiger partial charge is 0.319 e. The molecule has 0 heterocycles. The van der Waals surface area contributed by atoms with Crippen molar-refractivity contribution in [1.29, 1.82) is 0 Å². The number of halogens is 1. The average molecular weight is 248 g/mol. The average Bonchev–Trinajstić information content (AvgIpc) is 2.87. The Kier molecular flexibility index (Phi) is 4.34. The van der Waals surface area contributed by atoms with Gasteiger partial charge < -0.3 is 10.6 Å². The van der Waals surface area contributed by atoms with Gasteiger partial charge in [-0.1, -0.05) is 17.7 Å². The summed E-state index contributed by atoms with van der Waals surface area (Å²) < 4.78 is 12.9. The van der Waals surface area contributed by atoms with Gasteiger partial charge in [0.15, 0.2) is 0 Å². The molecule has 1 aliphatic carbocycles. The van der Waals surface area contributed by atoms with Crippen molar-refractivity contribution in [1.82, 2.24) is 10.6 Å². The molecule has 0 bridgehead atoms. The van der Waals surface area contributed by atoms with E-state index >= 15 is 0 Å². The molecule has 3 nitrogen and oxygen atoms in total. The number of allylic oxidation sites excluding steroid dienone is 1. The normalized spacial score (nSPS) is 14.4. The van der Waals surface area contributed by atoms with Crippen LogP contribution in [0, 0.1) is 5.82 Å². The molecule has 0 radical (unpaired) electrons. The van der Waals surface area contributed by atoms with Gasteiger partial charge in [0.05, 0.1) is 0 Å². The summed E-state index contributed by atoms with van der Waals surface area (Å²) in [6.07, 6.45) is 6.35. The van der Waals surface area contributed by atoms with Crippen LogP contribution in [0.5, 0.6) is 0 Å². The molecule has 1 aromatic carbocycles. The number of amides is 2. The lowest BCUT2D eigenvalue weighted by Crippen LogP contribution is -2.31. The molecule has 2 rings (SSSR count). The van der Waals surface area contributed by atoms with Gasteiger partial charge in [-0.15, -0.1) is 0 Å². The van der Waals surface area contributed by atoms with Crippen molar-refractivity contribution >= 4 is 6.03 Å². The zero-order valence-corrected chi connectivity index (χ0v) is 10.2. The fourth-order valence-electron chi connectivity index (χ4n) is 2.02. The van der Waals surface area contributed by atoms with Crippen LogP contribution in [0.4, 0.5) is 9.18 Å². The number of carbonyl (C=O) groups excluding carboxylic acids is 1. The van der Waals surface area contributed by atoms with Crippen molar-refractivity contribution < 1.29 is 9.18 Å². The number of nitrogens with one attached hydrogen (secondary N) is 2. The zero-order valence-electron chi connectivity index (χ0n) is 10.2. The Labute approximate surface area is 106 Å². The lowest BCUT2D eigenvalue weighted by Gasteiger charge is -2.05. The molecule has 18 heavy (non-hydrogen) atoms. The monoisotopic (exact) mass is 248 g/mol. The van der Waals surface area contributed by atoms with Gasteiger partial charge in [-0.2, -0.15) is 0 Å². The lowest BCUT2D eigenvalue weighted by atomic mass is 10.2. The number of urea groups is 1. The van der Waals surface area contributed by atoms with E-state index in [1.807, 2.05) is 0 Å². The van der Waals surface area contributed by atoms with Crippen LogP contribution in [-0.4, -0.2) is 6.03 Å². The highest BCUT2D eigenvalue weighted by molar-refractivity contribution is 5.74. The molecule has 0 unspecified atom stereocenters. The number of benzene rings is 1. The van der Waals surface area contributed by atoms with Crippen LogP contribution in [0.3, 0.4) is 0 Å². The topological polar surface area (TPSA) is 41.1 Å². The van der Waals surface area contributed by atoms with Crippen molar-refractivity contribution in [2.45, 2.75) is 32.2 Å². The Hall–Kier alpha value is -1.84. The third-order valence-electron chi connectivity index (χ3n) is 3.00. The van der Waals surface area contributed by atoms with E-state index < -0.39 is 0 Å². The predicted octanol–water partition coefficient (Wildman–Crippen LogP) is 3.08. The molecule has 0 saturated heterocycles. The second-order valence-corrected chi connectivity index (χ2v) is 4.47. The van der Waals surface area contributed by atoms with Crippen molar-refractivity contribution in [3.63, 3.8) is 0 Å². The highest BCUT2D eigenvalue weighted by atomic mass is 19.1. The Bertz CT molecular complexity index is 449. The summed E-state index contributed by atoms with van der Waals surface area (Å²) in [6.45, 7) is 0.326. The SMILES string of the molecule is O=C(NC=C1CCCC1)NCc1cccc(F)c1. The Morgan fingerprint density at radius 2 is 2.11 bits per heavy atom. The van der Waals surface area contributed by atoms with Crippen molar-refractivity contribution in [3.05, 3.63) is 47.4 Å². The first-order valence-corrected chi connectivity index (χ1v) is 6.21. The van der Waals surface area contributed by atoms with Crippen LogP contribution in [0.25, 0.3) is 0 Å². The first-order valence-electron chi connectivity index (χ1n) is 6.21. The first kappa shape index (κ1) is 12.6. The van der Waals surface area contributed by atoms with Gasteiger partial charge in [0, 0.05) is 12.7 Å². The van der Waals surface area contributed by atoms with E-state index in [0.717, 1.165) is 18.4 Å². The molecule has 1 aliphatic rings. The fourth-order valence-corrected chi connectivity index (χ4v) is 2.02. The van der Waals surface area contributed by atoms with E-state index in [-0.39, 0.29) is 11.8 Å². The van der Waals surface area contributed by atoms with E-state index in [2.05, 4.69) is 10.6 Å². The third kappa shape index (κ3) is 3.87. The number of hydrogen-bond donors (Lipinski definition) is 2. The van der Waals surface area contributed by atoms with Crippen LogP contribution in [-0.2, 0) is 6.54 Å². The summed E-state index contributed by atoms with van der Waals surface area (Å²) in [6, 6.07) is 5.95. The van der Waals surface area contributed by atoms with Crippen LogP contribution in [0.1, 0.15) is 31.2 Å². The number of rotatable bonds is 3. The second-order valence-electron chi connectivity index (χ2n) is 4.47. The maximum Gasteiger partial charge on any atom is 0.319 e. The van der Waals surface area contributed by atoms with E-state index in [4.69, 9.17) is 0 Å². The summed E-state index contributed by atoms with van der Waals surface area (Å²) in [4.78, 5) is 11.5. The summed E-state index contributed by atoms with van der Waals surface area (Å²) in [5.41, 5.74) is 2.04. The molecule has 0 spiro atoms. The van der Waals surface area contributed by atoms with Crippen molar-refractivity contribution in [3.8, 4) is 0 Å². The first-order chi connectivity index (χ1) is 8.74. The molecule has 2 N–H and O–H groups in total. The summed E-state index contributed by atoms with van der Waals surface area (Å²) in [7, 11) is 0. The summed E-state index contributed by atoms with van der Waals surface area (Å²) in [5.74, 6) is -0.289. The van der Waals surface area contributed by atoms with E-state index in [1.165, 1.54) is 30.5 Å². The highest BCUT2D eigenvalue weighted by Gasteiger charge is 2.06. The third-order valence-corrected chi connectivity index (χ3v) is 3.00. The van der Waals surface area contributed by atoms with E-state index in [9.17, 15) is 9.18 Å². The van der Waals surface area contributed by atoms with E-state index in [1.54, 1.807) is 18.3 Å². The molecule has 0 aliphatic heterocycles. The molecule has 1 aromatic rings. The van der Waals surface area contributed by atoms with Gasteiger partial charge >= 0.3 is 6.03 Å². The molecule has 2 amide bonds. The molecule has 0 atom stereocenters. The minimum atomic E-state index is -0.289. The second kappa shape index (κ2) is 6.19.